The van der Waals surface area contributed by atoms with E-state index in [-0.39, 0.29) is 15.9 Å². The number of nitrogens with one attached hydrogen (secondary N) is 2. The van der Waals surface area contributed by atoms with Crippen LogP contribution in [0.15, 0.2) is 22.4 Å². The first kappa shape index (κ1) is 23.5. The Hall–Kier alpha value is -2.28. The molecule has 2 N–H and O–H groups in total. The summed E-state index contributed by atoms with van der Waals surface area (Å²) >= 11 is 0.988. The van der Waals surface area contributed by atoms with Crippen molar-refractivity contribution < 1.29 is 22.3 Å². The van der Waals surface area contributed by atoms with Gasteiger partial charge in [0.1, 0.15) is 5.82 Å². The van der Waals surface area contributed by atoms with Gasteiger partial charge in [-0.05, 0) is 42.9 Å². The van der Waals surface area contributed by atoms with Gasteiger partial charge in [-0.3, -0.25) is 4.79 Å². The molecule has 1 saturated carbocycles. The third-order valence-electron chi connectivity index (χ3n) is 6.79. The largest absolute Gasteiger partial charge is 0.385 e. The van der Waals surface area contributed by atoms with E-state index < -0.39 is 10.0 Å². The lowest BCUT2D eigenvalue weighted by molar-refractivity contribution is -0.114. The second-order valence-electron chi connectivity index (χ2n) is 9.03. The van der Waals surface area contributed by atoms with Gasteiger partial charge in [-0.2, -0.15) is 4.31 Å². The number of halogens is 1. The number of benzene rings is 1. The Bertz CT molecular complexity index is 1190. The zero-order valence-corrected chi connectivity index (χ0v) is 20.7. The summed E-state index contributed by atoms with van der Waals surface area (Å²) in [5.74, 6) is 0.418. The van der Waals surface area contributed by atoms with E-state index >= 15 is 0 Å². The highest BCUT2D eigenvalue weighted by Crippen LogP contribution is 2.53. The SMILES string of the molecule is CC(=O)Nc1nc(C)c(S(=O)(=O)N2CC3C(CNc4ccc(N5CCOCC5)c(F)c4)C3C2)s1. The molecule has 1 aromatic carbocycles. The second kappa shape index (κ2) is 9.06. The van der Waals surface area contributed by atoms with Crippen LogP contribution in [0.4, 0.5) is 20.9 Å². The minimum Gasteiger partial charge on any atom is -0.385 e. The molecule has 12 heteroatoms. The zero-order valence-electron chi connectivity index (χ0n) is 19.1. The van der Waals surface area contributed by atoms with Crippen LogP contribution in [0.3, 0.4) is 0 Å². The molecular formula is C22H28FN5O4S2. The van der Waals surface area contributed by atoms with Crippen molar-refractivity contribution in [3.8, 4) is 0 Å². The molecule has 2 saturated heterocycles. The molecule has 0 bridgehead atoms. The molecule has 2 unspecified atom stereocenters. The first-order chi connectivity index (χ1) is 16.2. The average Bonchev–Trinajstić information content (AvgIpc) is 3.09. The molecule has 3 aliphatic rings. The van der Waals surface area contributed by atoms with E-state index in [0.29, 0.717) is 80.2 Å². The van der Waals surface area contributed by atoms with Crippen LogP contribution in [0.2, 0.25) is 0 Å². The minimum absolute atomic E-state index is 0.183. The van der Waals surface area contributed by atoms with Crippen molar-refractivity contribution in [3.63, 3.8) is 0 Å². The van der Waals surface area contributed by atoms with Gasteiger partial charge in [-0.15, -0.1) is 0 Å². The van der Waals surface area contributed by atoms with Crippen molar-refractivity contribution in [1.29, 1.82) is 0 Å². The van der Waals surface area contributed by atoms with Gasteiger partial charge in [0.25, 0.3) is 10.0 Å². The molecule has 184 valence electrons. The molecule has 0 spiro atoms. The topological polar surface area (TPSA) is 104 Å². The van der Waals surface area contributed by atoms with E-state index in [2.05, 4.69) is 15.6 Å². The van der Waals surface area contributed by atoms with E-state index in [1.165, 1.54) is 17.3 Å². The molecule has 2 aromatic rings. The van der Waals surface area contributed by atoms with Gasteiger partial charge in [0.15, 0.2) is 9.34 Å². The molecule has 3 heterocycles. The van der Waals surface area contributed by atoms with Gasteiger partial charge in [0.05, 0.1) is 24.6 Å². The van der Waals surface area contributed by atoms with Crippen LogP contribution < -0.4 is 15.5 Å². The number of rotatable bonds is 7. The number of carbonyl (C=O) groups is 1. The smallest absolute Gasteiger partial charge is 0.254 e. The Morgan fingerprint density at radius 1 is 1.26 bits per heavy atom. The van der Waals surface area contributed by atoms with Gasteiger partial charge in [-0.1, -0.05) is 11.3 Å². The van der Waals surface area contributed by atoms with Crippen LogP contribution >= 0.6 is 11.3 Å². The highest BCUT2D eigenvalue weighted by molar-refractivity contribution is 7.91. The lowest BCUT2D eigenvalue weighted by atomic mass is 10.2. The van der Waals surface area contributed by atoms with Crippen molar-refractivity contribution in [2.24, 2.45) is 17.8 Å². The van der Waals surface area contributed by atoms with E-state index in [1.54, 1.807) is 13.0 Å². The van der Waals surface area contributed by atoms with E-state index in [9.17, 15) is 17.6 Å². The summed E-state index contributed by atoms with van der Waals surface area (Å²) in [7, 11) is -3.64. The quantitative estimate of drug-likeness (QED) is 0.591. The Morgan fingerprint density at radius 3 is 2.62 bits per heavy atom. The predicted molar refractivity (Wildman–Crippen MR) is 128 cm³/mol. The van der Waals surface area contributed by atoms with Gasteiger partial charge in [0, 0.05) is 45.3 Å². The number of piperidine rings is 1. The highest BCUT2D eigenvalue weighted by Gasteiger charge is 2.57. The Kier molecular flexibility index (Phi) is 6.25. The minimum atomic E-state index is -3.64. The molecule has 34 heavy (non-hydrogen) atoms. The Balaban J connectivity index is 1.16. The lowest BCUT2D eigenvalue weighted by Gasteiger charge is -2.29. The number of hydrogen-bond donors (Lipinski definition) is 2. The maximum absolute atomic E-state index is 14.6. The molecule has 3 fully saturated rings. The summed E-state index contributed by atoms with van der Waals surface area (Å²) in [4.78, 5) is 17.4. The maximum Gasteiger partial charge on any atom is 0.254 e. The molecule has 2 atom stereocenters. The molecule has 5 rings (SSSR count). The van der Waals surface area contributed by atoms with Gasteiger partial charge in [-0.25, -0.2) is 17.8 Å². The number of anilines is 3. The normalized spacial score (nSPS) is 24.7. The lowest BCUT2D eigenvalue weighted by Crippen LogP contribution is -2.36. The van der Waals surface area contributed by atoms with Crippen molar-refractivity contribution in [2.45, 2.75) is 18.1 Å². The fourth-order valence-corrected chi connectivity index (χ4v) is 8.08. The third kappa shape index (κ3) is 4.51. The predicted octanol–water partition coefficient (Wildman–Crippen LogP) is 2.36. The first-order valence-electron chi connectivity index (χ1n) is 11.4. The number of morpholine rings is 1. The number of carbonyl (C=O) groups excluding carboxylic acids is 1. The van der Waals surface area contributed by atoms with E-state index in [1.807, 2.05) is 11.0 Å². The van der Waals surface area contributed by atoms with E-state index in [0.717, 1.165) is 17.0 Å². The van der Waals surface area contributed by atoms with Crippen molar-refractivity contribution in [2.75, 3.05) is 61.5 Å². The molecule has 1 amide bonds. The number of amides is 1. The van der Waals surface area contributed by atoms with Crippen LogP contribution in [0, 0.1) is 30.5 Å². The average molecular weight is 510 g/mol. The summed E-state index contributed by atoms with van der Waals surface area (Å²) < 4.78 is 47.9. The molecular weight excluding hydrogens is 481 g/mol. The Morgan fingerprint density at radius 2 is 1.97 bits per heavy atom. The number of nitrogens with zero attached hydrogens (tertiary/aromatic N) is 3. The van der Waals surface area contributed by atoms with Crippen molar-refractivity contribution in [3.05, 3.63) is 29.7 Å². The fourth-order valence-electron chi connectivity index (χ4n) is 4.97. The number of sulfonamides is 1. The fraction of sp³-hybridized carbons (Fsp3) is 0.545. The second-order valence-corrected chi connectivity index (χ2v) is 12.2. The molecule has 1 aliphatic carbocycles. The van der Waals surface area contributed by atoms with Gasteiger partial charge < -0.3 is 20.3 Å². The van der Waals surface area contributed by atoms with Crippen LogP contribution in [0.5, 0.6) is 0 Å². The number of aromatic nitrogens is 1. The van der Waals surface area contributed by atoms with Gasteiger partial charge in [0.2, 0.25) is 5.91 Å². The standard InChI is InChI=1S/C22H28FN5O4S2/c1-13-21(33-22(25-13)26-14(2)29)34(30,31)28-11-17-16(18(17)12-28)10-24-15-3-4-20(19(23)9-15)27-5-7-32-8-6-27/h3-4,9,16-18,24H,5-8,10-12H2,1-2H3,(H,25,26,29). The van der Waals surface area contributed by atoms with E-state index in [4.69, 9.17) is 4.74 Å². The van der Waals surface area contributed by atoms with Crippen LogP contribution in [-0.4, -0.2) is 69.6 Å². The number of ether oxygens (including phenoxy) is 1. The third-order valence-corrected chi connectivity index (χ3v) is 10.3. The summed E-state index contributed by atoms with van der Waals surface area (Å²) in [6.45, 7) is 7.21. The molecule has 1 aromatic heterocycles. The maximum atomic E-state index is 14.6. The molecule has 0 radical (unpaired) electrons. The number of aryl methyl sites for hydroxylation is 1. The van der Waals surface area contributed by atoms with Gasteiger partial charge >= 0.3 is 0 Å². The molecule has 9 nitrogen and oxygen atoms in total. The molecule has 2 aliphatic heterocycles. The summed E-state index contributed by atoms with van der Waals surface area (Å²) in [6, 6.07) is 5.22. The van der Waals surface area contributed by atoms with Crippen molar-refractivity contribution in [1.82, 2.24) is 9.29 Å². The summed E-state index contributed by atoms with van der Waals surface area (Å²) in [6.07, 6.45) is 0. The summed E-state index contributed by atoms with van der Waals surface area (Å²) in [5.41, 5.74) is 1.72. The number of hydrogen-bond acceptors (Lipinski definition) is 8. The Labute approximate surface area is 202 Å². The number of thiazole rings is 1. The van der Waals surface area contributed by atoms with Crippen molar-refractivity contribution >= 4 is 43.8 Å². The van der Waals surface area contributed by atoms with Crippen LogP contribution in [-0.2, 0) is 19.6 Å². The van der Waals surface area contributed by atoms with Crippen LogP contribution in [0.1, 0.15) is 12.6 Å². The number of fused-ring (bicyclic) bond motifs is 1. The zero-order chi connectivity index (χ0) is 24.0. The first-order valence-corrected chi connectivity index (χ1v) is 13.6. The van der Waals surface area contributed by atoms with Crippen LogP contribution in [0.25, 0.3) is 0 Å². The highest BCUT2D eigenvalue weighted by atomic mass is 32.2. The monoisotopic (exact) mass is 509 g/mol. The summed E-state index contributed by atoms with van der Waals surface area (Å²) in [5, 5.41) is 6.17.